The molecule has 132 valence electrons. The van der Waals surface area contributed by atoms with E-state index in [4.69, 9.17) is 4.74 Å². The number of nitrogens with zero attached hydrogens (tertiary/aromatic N) is 1. The number of carbonyl (C=O) groups excluding carboxylic acids is 1. The highest BCUT2D eigenvalue weighted by Crippen LogP contribution is 2.31. The molecule has 0 radical (unpaired) electrons. The predicted octanol–water partition coefficient (Wildman–Crippen LogP) is 1.48. The maximum Gasteiger partial charge on any atom is 0.224 e. The summed E-state index contributed by atoms with van der Waals surface area (Å²) in [4.78, 5) is 14.3. The van der Waals surface area contributed by atoms with Crippen molar-refractivity contribution >= 4 is 5.91 Å². The Morgan fingerprint density at radius 2 is 2.04 bits per heavy atom. The summed E-state index contributed by atoms with van der Waals surface area (Å²) < 4.78 is 18.4. The average Bonchev–Trinajstić information content (AvgIpc) is 2.63. The third kappa shape index (κ3) is 4.32. The van der Waals surface area contributed by atoms with Gasteiger partial charge in [-0.15, -0.1) is 0 Å². The first-order chi connectivity index (χ1) is 11.6. The number of benzene rings is 1. The Kier molecular flexibility index (Phi) is 5.81. The molecule has 2 aliphatic heterocycles. The van der Waals surface area contributed by atoms with Crippen molar-refractivity contribution in [2.24, 2.45) is 5.92 Å². The van der Waals surface area contributed by atoms with Crippen LogP contribution in [0, 0.1) is 11.7 Å². The molecule has 0 bridgehead atoms. The molecule has 0 spiro atoms. The minimum atomic E-state index is -0.601. The first-order valence-electron chi connectivity index (χ1n) is 8.66. The summed E-state index contributed by atoms with van der Waals surface area (Å²) in [6.07, 6.45) is 1.39. The van der Waals surface area contributed by atoms with Crippen LogP contribution < -0.4 is 5.32 Å². The predicted molar refractivity (Wildman–Crippen MR) is 87.9 cm³/mol. The zero-order chi connectivity index (χ0) is 16.9. The molecule has 2 atom stereocenters. The topological polar surface area (TPSA) is 61.8 Å². The quantitative estimate of drug-likeness (QED) is 0.874. The summed E-state index contributed by atoms with van der Waals surface area (Å²) in [7, 11) is 0. The van der Waals surface area contributed by atoms with Gasteiger partial charge < -0.3 is 20.1 Å². The van der Waals surface area contributed by atoms with Gasteiger partial charge in [-0.3, -0.25) is 4.79 Å². The second kappa shape index (κ2) is 8.05. The normalized spacial score (nSPS) is 23.9. The molecule has 5 nitrogen and oxygen atoms in total. The zero-order valence-corrected chi connectivity index (χ0v) is 13.8. The number of piperidine rings is 1. The Morgan fingerprint density at radius 1 is 1.33 bits per heavy atom. The van der Waals surface area contributed by atoms with E-state index in [9.17, 15) is 14.3 Å². The van der Waals surface area contributed by atoms with Crippen LogP contribution in [-0.2, 0) is 9.53 Å². The molecule has 2 unspecified atom stereocenters. The molecule has 1 aromatic rings. The molecule has 2 fully saturated rings. The Bertz CT molecular complexity index is 538. The lowest BCUT2D eigenvalue weighted by atomic mass is 9.87. The van der Waals surface area contributed by atoms with Gasteiger partial charge in [0.05, 0.1) is 19.3 Å². The van der Waals surface area contributed by atoms with Gasteiger partial charge in [-0.25, -0.2) is 4.39 Å². The SMILES string of the molecule is O=C(CC1COCCN1)N1CCC(C(O)c2ccc(F)cc2)CC1. The summed E-state index contributed by atoms with van der Waals surface area (Å²) in [6.45, 7) is 3.41. The van der Waals surface area contributed by atoms with Gasteiger partial charge in [-0.2, -0.15) is 0 Å². The minimum Gasteiger partial charge on any atom is -0.388 e. The van der Waals surface area contributed by atoms with Gasteiger partial charge in [0.25, 0.3) is 0 Å². The van der Waals surface area contributed by atoms with Crippen molar-refractivity contribution in [1.29, 1.82) is 0 Å². The van der Waals surface area contributed by atoms with Crippen molar-refractivity contribution in [2.75, 3.05) is 32.8 Å². The fourth-order valence-electron chi connectivity index (χ4n) is 3.49. The molecule has 2 heterocycles. The number of likely N-dealkylation sites (tertiary alicyclic amines) is 1. The van der Waals surface area contributed by atoms with E-state index in [2.05, 4.69) is 5.32 Å². The Balaban J connectivity index is 1.47. The number of nitrogens with one attached hydrogen (secondary N) is 1. The van der Waals surface area contributed by atoms with Crippen molar-refractivity contribution in [3.8, 4) is 0 Å². The van der Waals surface area contributed by atoms with E-state index in [0.717, 1.165) is 24.9 Å². The van der Waals surface area contributed by atoms with Gasteiger partial charge in [0.15, 0.2) is 0 Å². The van der Waals surface area contributed by atoms with Crippen molar-refractivity contribution < 1.29 is 19.0 Å². The summed E-state index contributed by atoms with van der Waals surface area (Å²) in [5, 5.41) is 13.8. The van der Waals surface area contributed by atoms with Crippen LogP contribution in [0.5, 0.6) is 0 Å². The van der Waals surface area contributed by atoms with Crippen LogP contribution in [0.25, 0.3) is 0 Å². The van der Waals surface area contributed by atoms with Crippen LogP contribution in [-0.4, -0.2) is 54.8 Å². The molecule has 0 saturated carbocycles. The molecule has 1 amide bonds. The Labute approximate surface area is 141 Å². The van der Waals surface area contributed by atoms with Gasteiger partial charge in [0.2, 0.25) is 5.91 Å². The van der Waals surface area contributed by atoms with Crippen LogP contribution in [0.4, 0.5) is 4.39 Å². The maximum absolute atomic E-state index is 13.0. The summed E-state index contributed by atoms with van der Waals surface area (Å²) in [5.41, 5.74) is 0.740. The van der Waals surface area contributed by atoms with E-state index >= 15 is 0 Å². The lowest BCUT2D eigenvalue weighted by Gasteiger charge is -2.35. The van der Waals surface area contributed by atoms with Gasteiger partial charge in [0, 0.05) is 32.1 Å². The van der Waals surface area contributed by atoms with Crippen molar-refractivity contribution in [3.63, 3.8) is 0 Å². The average molecular weight is 336 g/mol. The van der Waals surface area contributed by atoms with Crippen LogP contribution in [0.1, 0.15) is 30.9 Å². The molecule has 2 N–H and O–H groups in total. The summed E-state index contributed by atoms with van der Waals surface area (Å²) in [5.74, 6) is -0.0463. The number of aliphatic hydroxyl groups excluding tert-OH is 1. The molecule has 6 heteroatoms. The third-order valence-electron chi connectivity index (χ3n) is 4.97. The summed E-state index contributed by atoms with van der Waals surface area (Å²) in [6, 6.07) is 6.11. The second-order valence-corrected chi connectivity index (χ2v) is 6.64. The van der Waals surface area contributed by atoms with Crippen LogP contribution >= 0.6 is 0 Å². The molecule has 2 aliphatic rings. The zero-order valence-electron chi connectivity index (χ0n) is 13.8. The highest BCUT2D eigenvalue weighted by molar-refractivity contribution is 5.77. The first-order valence-corrected chi connectivity index (χ1v) is 8.66. The number of amides is 1. The number of morpholine rings is 1. The van der Waals surface area contributed by atoms with E-state index in [1.54, 1.807) is 12.1 Å². The number of hydrogen-bond acceptors (Lipinski definition) is 4. The number of hydrogen-bond donors (Lipinski definition) is 2. The summed E-state index contributed by atoms with van der Waals surface area (Å²) >= 11 is 0. The number of halogens is 1. The van der Waals surface area contributed by atoms with E-state index < -0.39 is 6.10 Å². The molecular weight excluding hydrogens is 311 g/mol. The van der Waals surface area contributed by atoms with Crippen molar-refractivity contribution in [3.05, 3.63) is 35.6 Å². The fourth-order valence-corrected chi connectivity index (χ4v) is 3.49. The number of aliphatic hydroxyl groups is 1. The first kappa shape index (κ1) is 17.3. The Hall–Kier alpha value is -1.50. The van der Waals surface area contributed by atoms with Crippen LogP contribution in [0.2, 0.25) is 0 Å². The van der Waals surface area contributed by atoms with Crippen LogP contribution in [0.15, 0.2) is 24.3 Å². The smallest absolute Gasteiger partial charge is 0.224 e. The third-order valence-corrected chi connectivity index (χ3v) is 4.97. The molecule has 0 aromatic heterocycles. The van der Waals surface area contributed by atoms with Crippen molar-refractivity contribution in [2.45, 2.75) is 31.4 Å². The molecule has 3 rings (SSSR count). The second-order valence-electron chi connectivity index (χ2n) is 6.64. The minimum absolute atomic E-state index is 0.105. The highest BCUT2D eigenvalue weighted by atomic mass is 19.1. The molecule has 1 aromatic carbocycles. The largest absolute Gasteiger partial charge is 0.388 e. The monoisotopic (exact) mass is 336 g/mol. The van der Waals surface area contributed by atoms with Gasteiger partial charge >= 0.3 is 0 Å². The lowest BCUT2D eigenvalue weighted by Crippen LogP contribution is -2.46. The number of rotatable bonds is 4. The van der Waals surface area contributed by atoms with E-state index in [1.807, 2.05) is 4.90 Å². The van der Waals surface area contributed by atoms with Crippen molar-refractivity contribution in [1.82, 2.24) is 10.2 Å². The van der Waals surface area contributed by atoms with Gasteiger partial charge in [-0.1, -0.05) is 12.1 Å². The number of ether oxygens (including phenoxy) is 1. The molecule has 24 heavy (non-hydrogen) atoms. The standard InChI is InChI=1S/C18H25FN2O3/c19-15-3-1-13(2-4-15)18(23)14-5-8-21(9-6-14)17(22)11-16-12-24-10-7-20-16/h1-4,14,16,18,20,23H,5-12H2. The van der Waals surface area contributed by atoms with Gasteiger partial charge in [0.1, 0.15) is 5.82 Å². The highest BCUT2D eigenvalue weighted by Gasteiger charge is 2.29. The number of carbonyl (C=O) groups is 1. The maximum atomic E-state index is 13.0. The fraction of sp³-hybridized carbons (Fsp3) is 0.611. The molecule has 2 saturated heterocycles. The Morgan fingerprint density at radius 3 is 2.67 bits per heavy atom. The lowest BCUT2D eigenvalue weighted by molar-refractivity contribution is -0.134. The van der Waals surface area contributed by atoms with Crippen LogP contribution in [0.3, 0.4) is 0 Å². The molecule has 0 aliphatic carbocycles. The van der Waals surface area contributed by atoms with E-state index in [1.165, 1.54) is 12.1 Å². The van der Waals surface area contributed by atoms with Gasteiger partial charge in [-0.05, 0) is 36.5 Å². The van der Waals surface area contributed by atoms with E-state index in [-0.39, 0.29) is 23.7 Å². The van der Waals surface area contributed by atoms with E-state index in [0.29, 0.717) is 32.7 Å². The molecular formula is C18H25FN2O3.